The summed E-state index contributed by atoms with van der Waals surface area (Å²) in [7, 11) is 0. The maximum atomic E-state index is 13.1. The first kappa shape index (κ1) is 16.3. The van der Waals surface area contributed by atoms with Crippen LogP contribution < -0.4 is 0 Å². The van der Waals surface area contributed by atoms with Gasteiger partial charge in [-0.1, -0.05) is 60.7 Å². The summed E-state index contributed by atoms with van der Waals surface area (Å²) in [5, 5.41) is 11.4. The Morgan fingerprint density at radius 2 is 1.48 bits per heavy atom. The Hall–Kier alpha value is -2.17. The lowest BCUT2D eigenvalue weighted by atomic mass is 9.85. The fraction of sp³-hybridized carbons (Fsp3) is 0.381. The largest absolute Gasteiger partial charge is 0.444 e. The van der Waals surface area contributed by atoms with Crippen LogP contribution in [-0.2, 0) is 15.1 Å². The summed E-state index contributed by atoms with van der Waals surface area (Å²) in [6, 6.07) is 18.1. The van der Waals surface area contributed by atoms with E-state index in [0.717, 1.165) is 19.5 Å². The Labute approximate surface area is 148 Å². The lowest BCUT2D eigenvalue weighted by Gasteiger charge is -2.45. The Balaban J connectivity index is 1.65. The van der Waals surface area contributed by atoms with Gasteiger partial charge >= 0.3 is 5.97 Å². The number of fused-ring (bicyclic) bond motifs is 3. The molecule has 2 aromatic carbocycles. The molecule has 2 bridgehead atoms. The molecule has 0 saturated carbocycles. The number of ether oxygens (including phenoxy) is 1. The summed E-state index contributed by atoms with van der Waals surface area (Å²) >= 11 is 0. The molecule has 4 heteroatoms. The van der Waals surface area contributed by atoms with E-state index in [1.54, 1.807) is 24.3 Å². The van der Waals surface area contributed by atoms with Gasteiger partial charge < -0.3 is 9.84 Å². The molecule has 3 fully saturated rings. The first-order chi connectivity index (χ1) is 12.2. The fourth-order valence-corrected chi connectivity index (χ4v) is 4.00. The number of hydrogen-bond donors (Lipinski definition) is 1. The molecule has 1 N–H and O–H groups in total. The Morgan fingerprint density at radius 1 is 0.960 bits per heavy atom. The van der Waals surface area contributed by atoms with Crippen LogP contribution >= 0.6 is 0 Å². The van der Waals surface area contributed by atoms with Gasteiger partial charge in [0.15, 0.2) is 6.23 Å². The average Bonchev–Trinajstić information content (AvgIpc) is 2.69. The molecule has 3 heterocycles. The van der Waals surface area contributed by atoms with Crippen molar-refractivity contribution in [2.75, 3.05) is 13.1 Å². The number of hydrogen-bond acceptors (Lipinski definition) is 4. The van der Waals surface area contributed by atoms with E-state index in [1.807, 2.05) is 36.4 Å². The number of rotatable bonds is 4. The zero-order valence-corrected chi connectivity index (χ0v) is 14.2. The average molecular weight is 337 g/mol. The van der Waals surface area contributed by atoms with Gasteiger partial charge in [-0.05, 0) is 29.9 Å². The predicted octanol–water partition coefficient (Wildman–Crippen LogP) is 2.91. The van der Waals surface area contributed by atoms with Crippen LogP contribution in [0.3, 0.4) is 0 Å². The third kappa shape index (κ3) is 2.96. The highest BCUT2D eigenvalue weighted by Crippen LogP contribution is 2.36. The third-order valence-electron chi connectivity index (χ3n) is 5.51. The second-order valence-electron chi connectivity index (χ2n) is 7.02. The molecule has 0 radical (unpaired) electrons. The lowest BCUT2D eigenvalue weighted by Crippen LogP contribution is -2.52. The summed E-state index contributed by atoms with van der Waals surface area (Å²) < 4.78 is 5.84. The molecule has 2 aromatic rings. The number of piperidine rings is 3. The molecule has 0 spiro atoms. The summed E-state index contributed by atoms with van der Waals surface area (Å²) in [5.74, 6) is 0.0341. The minimum absolute atomic E-state index is 0.223. The summed E-state index contributed by atoms with van der Waals surface area (Å²) in [6.07, 6.45) is 3.00. The molecule has 130 valence electrons. The number of nitrogens with zero attached hydrogens (tertiary/aromatic N) is 1. The Kier molecular flexibility index (Phi) is 4.32. The lowest BCUT2D eigenvalue weighted by molar-refractivity contribution is -0.187. The van der Waals surface area contributed by atoms with Crippen LogP contribution in [0, 0.1) is 5.92 Å². The van der Waals surface area contributed by atoms with Gasteiger partial charge in [0.25, 0.3) is 0 Å². The molecule has 0 unspecified atom stereocenters. The van der Waals surface area contributed by atoms with Crippen molar-refractivity contribution in [3.05, 3.63) is 71.8 Å². The standard InChI is InChI=1S/C21H23NO3/c23-20(25-19-15-16-11-13-22(19)14-12-16)21(24,17-7-3-1-4-8-17)18-9-5-2-6-10-18/h1-10,16,19,24H,11-15H2/t19-/m1/s1. The molecule has 3 aliphatic heterocycles. The van der Waals surface area contributed by atoms with Crippen molar-refractivity contribution >= 4 is 5.97 Å². The zero-order valence-electron chi connectivity index (χ0n) is 14.2. The second-order valence-corrected chi connectivity index (χ2v) is 7.02. The van der Waals surface area contributed by atoms with Crippen molar-refractivity contribution in [3.63, 3.8) is 0 Å². The number of benzene rings is 2. The van der Waals surface area contributed by atoms with Crippen molar-refractivity contribution in [2.24, 2.45) is 5.92 Å². The highest BCUT2D eigenvalue weighted by atomic mass is 16.6. The van der Waals surface area contributed by atoms with Gasteiger partial charge in [-0.3, -0.25) is 4.90 Å². The Morgan fingerprint density at radius 3 is 1.92 bits per heavy atom. The number of aliphatic hydroxyl groups is 1. The van der Waals surface area contributed by atoms with E-state index in [9.17, 15) is 9.90 Å². The minimum Gasteiger partial charge on any atom is -0.444 e. The van der Waals surface area contributed by atoms with Crippen LogP contribution in [0.1, 0.15) is 30.4 Å². The maximum Gasteiger partial charge on any atom is 0.349 e. The quantitative estimate of drug-likeness (QED) is 0.872. The minimum atomic E-state index is -1.79. The third-order valence-corrected chi connectivity index (χ3v) is 5.51. The van der Waals surface area contributed by atoms with Gasteiger partial charge in [0.1, 0.15) is 0 Å². The molecule has 4 nitrogen and oxygen atoms in total. The van der Waals surface area contributed by atoms with Crippen molar-refractivity contribution in [1.82, 2.24) is 4.90 Å². The predicted molar refractivity (Wildman–Crippen MR) is 94.7 cm³/mol. The number of carbonyl (C=O) groups excluding carboxylic acids is 1. The van der Waals surface area contributed by atoms with Crippen LogP contribution in [0.25, 0.3) is 0 Å². The first-order valence-corrected chi connectivity index (χ1v) is 8.96. The van der Waals surface area contributed by atoms with Crippen molar-refractivity contribution in [3.8, 4) is 0 Å². The topological polar surface area (TPSA) is 49.8 Å². The number of carbonyl (C=O) groups is 1. The zero-order chi connectivity index (χ0) is 17.3. The molecule has 3 aliphatic rings. The van der Waals surface area contributed by atoms with Gasteiger partial charge in [-0.25, -0.2) is 4.79 Å². The van der Waals surface area contributed by atoms with Crippen LogP contribution in [-0.4, -0.2) is 35.3 Å². The highest BCUT2D eigenvalue weighted by Gasteiger charge is 2.45. The smallest absolute Gasteiger partial charge is 0.349 e. The molecule has 0 aliphatic carbocycles. The van der Waals surface area contributed by atoms with Gasteiger partial charge in [-0.2, -0.15) is 0 Å². The van der Waals surface area contributed by atoms with E-state index in [4.69, 9.17) is 4.74 Å². The van der Waals surface area contributed by atoms with E-state index in [0.29, 0.717) is 17.0 Å². The maximum absolute atomic E-state index is 13.1. The first-order valence-electron chi connectivity index (χ1n) is 8.96. The van der Waals surface area contributed by atoms with Gasteiger partial charge in [0.05, 0.1) is 0 Å². The fourth-order valence-electron chi connectivity index (χ4n) is 4.00. The van der Waals surface area contributed by atoms with E-state index in [1.165, 1.54) is 12.8 Å². The molecule has 3 saturated heterocycles. The SMILES string of the molecule is O=C(O[C@@H]1CC2CCN1CC2)C(O)(c1ccccc1)c1ccccc1. The van der Waals surface area contributed by atoms with E-state index >= 15 is 0 Å². The van der Waals surface area contributed by atoms with E-state index in [2.05, 4.69) is 4.90 Å². The summed E-state index contributed by atoms with van der Waals surface area (Å²) in [5.41, 5.74) is -0.732. The van der Waals surface area contributed by atoms with Crippen molar-refractivity contribution < 1.29 is 14.6 Å². The van der Waals surface area contributed by atoms with Gasteiger partial charge in [0.2, 0.25) is 5.60 Å². The monoisotopic (exact) mass is 337 g/mol. The molecule has 1 atom stereocenters. The second kappa shape index (κ2) is 6.62. The molecule has 5 rings (SSSR count). The van der Waals surface area contributed by atoms with Gasteiger partial charge in [0, 0.05) is 19.5 Å². The van der Waals surface area contributed by atoms with E-state index in [-0.39, 0.29) is 6.23 Å². The van der Waals surface area contributed by atoms with Crippen LogP contribution in [0.2, 0.25) is 0 Å². The van der Waals surface area contributed by atoms with Crippen molar-refractivity contribution in [2.45, 2.75) is 31.1 Å². The van der Waals surface area contributed by atoms with Crippen LogP contribution in [0.4, 0.5) is 0 Å². The van der Waals surface area contributed by atoms with Crippen LogP contribution in [0.15, 0.2) is 60.7 Å². The number of esters is 1. The van der Waals surface area contributed by atoms with Crippen LogP contribution in [0.5, 0.6) is 0 Å². The molecule has 25 heavy (non-hydrogen) atoms. The normalized spacial score (nSPS) is 25.6. The molecule has 0 aromatic heterocycles. The van der Waals surface area contributed by atoms with E-state index < -0.39 is 11.6 Å². The Bertz CT molecular complexity index is 684. The molecular formula is C21H23NO3. The highest BCUT2D eigenvalue weighted by molar-refractivity contribution is 5.85. The molecule has 0 amide bonds. The van der Waals surface area contributed by atoms with Crippen molar-refractivity contribution in [1.29, 1.82) is 0 Å². The summed E-state index contributed by atoms with van der Waals surface area (Å²) in [4.78, 5) is 15.3. The molecular weight excluding hydrogens is 314 g/mol. The summed E-state index contributed by atoms with van der Waals surface area (Å²) in [6.45, 7) is 1.94. The van der Waals surface area contributed by atoms with Gasteiger partial charge in [-0.15, -0.1) is 0 Å².